The van der Waals surface area contributed by atoms with Gasteiger partial charge in [0.05, 0.1) is 18.2 Å². The number of aryl methyl sites for hydroxylation is 1. The smallest absolute Gasteiger partial charge is 0.138 e. The summed E-state index contributed by atoms with van der Waals surface area (Å²) in [6.45, 7) is 1.96. The average molecular weight is 230 g/mol. The van der Waals surface area contributed by atoms with Crippen LogP contribution in [0.4, 0.5) is 0 Å². The van der Waals surface area contributed by atoms with Gasteiger partial charge in [-0.25, -0.2) is 9.67 Å². The van der Waals surface area contributed by atoms with Crippen LogP contribution in [-0.4, -0.2) is 26.9 Å². The molecule has 1 aliphatic rings. The van der Waals surface area contributed by atoms with Gasteiger partial charge in [0.15, 0.2) is 0 Å². The van der Waals surface area contributed by atoms with E-state index in [2.05, 4.69) is 15.1 Å². The molecule has 2 aromatic rings. The van der Waals surface area contributed by atoms with Crippen molar-refractivity contribution in [2.24, 2.45) is 0 Å². The van der Waals surface area contributed by atoms with Crippen molar-refractivity contribution in [2.45, 2.75) is 19.8 Å². The molecule has 1 aliphatic carbocycles. The first-order valence-corrected chi connectivity index (χ1v) is 5.62. The second kappa shape index (κ2) is 3.76. The molecule has 2 heterocycles. The minimum absolute atomic E-state index is 0.899. The third-order valence-electron chi connectivity index (χ3n) is 3.15. The first kappa shape index (κ1) is 10.1. The van der Waals surface area contributed by atoms with Crippen LogP contribution in [0.2, 0.25) is 0 Å². The maximum atomic E-state index is 5.41. The van der Waals surface area contributed by atoms with Crippen LogP contribution >= 0.6 is 0 Å². The molecular formula is C12H14N4O. The van der Waals surface area contributed by atoms with Gasteiger partial charge in [0.2, 0.25) is 0 Å². The van der Waals surface area contributed by atoms with E-state index in [1.165, 1.54) is 0 Å². The Labute approximate surface area is 98.4 Å². The molecule has 88 valence electrons. The lowest BCUT2D eigenvalue weighted by Gasteiger charge is -2.14. The predicted molar refractivity (Wildman–Crippen MR) is 63.3 cm³/mol. The SMILES string of the molecule is COC1=c2cc[nH]c2=C(n2ncnc2C)CC1. The monoisotopic (exact) mass is 230 g/mol. The molecule has 0 spiro atoms. The van der Waals surface area contributed by atoms with Crippen LogP contribution in [-0.2, 0) is 4.74 Å². The van der Waals surface area contributed by atoms with Crippen LogP contribution in [0.3, 0.4) is 0 Å². The summed E-state index contributed by atoms with van der Waals surface area (Å²) in [5, 5.41) is 6.48. The van der Waals surface area contributed by atoms with Crippen molar-refractivity contribution in [1.29, 1.82) is 0 Å². The number of H-pyrrole nitrogens is 1. The zero-order valence-corrected chi connectivity index (χ0v) is 9.90. The molecule has 0 aromatic carbocycles. The number of aromatic amines is 1. The normalized spacial score (nSPS) is 14.9. The number of rotatable bonds is 2. The summed E-state index contributed by atoms with van der Waals surface area (Å²) in [6, 6.07) is 2.04. The summed E-state index contributed by atoms with van der Waals surface area (Å²) in [5.74, 6) is 1.93. The second-order valence-electron chi connectivity index (χ2n) is 4.06. The molecular weight excluding hydrogens is 216 g/mol. The molecule has 0 saturated carbocycles. The van der Waals surface area contributed by atoms with Gasteiger partial charge in [-0.05, 0) is 19.4 Å². The lowest BCUT2D eigenvalue weighted by atomic mass is 10.1. The molecule has 0 radical (unpaired) electrons. The Bertz CT molecular complexity index is 665. The Morgan fingerprint density at radius 2 is 2.29 bits per heavy atom. The lowest BCUT2D eigenvalue weighted by molar-refractivity contribution is 0.347. The van der Waals surface area contributed by atoms with Crippen LogP contribution in [0.5, 0.6) is 0 Å². The van der Waals surface area contributed by atoms with E-state index >= 15 is 0 Å². The predicted octanol–water partition coefficient (Wildman–Crippen LogP) is 0.120. The molecule has 0 amide bonds. The number of fused-ring (bicyclic) bond motifs is 1. The van der Waals surface area contributed by atoms with Gasteiger partial charge in [-0.3, -0.25) is 0 Å². The van der Waals surface area contributed by atoms with E-state index < -0.39 is 0 Å². The van der Waals surface area contributed by atoms with Crippen LogP contribution < -0.4 is 10.6 Å². The Morgan fingerprint density at radius 3 is 3.00 bits per heavy atom. The molecule has 5 nitrogen and oxygen atoms in total. The van der Waals surface area contributed by atoms with E-state index in [0.29, 0.717) is 0 Å². The Morgan fingerprint density at radius 1 is 1.41 bits per heavy atom. The maximum Gasteiger partial charge on any atom is 0.138 e. The fourth-order valence-corrected chi connectivity index (χ4v) is 2.32. The molecule has 0 unspecified atom stereocenters. The van der Waals surface area contributed by atoms with Crippen LogP contribution in [0.25, 0.3) is 11.5 Å². The van der Waals surface area contributed by atoms with E-state index in [0.717, 1.165) is 40.7 Å². The molecule has 0 atom stereocenters. The number of ether oxygens (including phenoxy) is 1. The number of hydrogen-bond acceptors (Lipinski definition) is 3. The first-order chi connectivity index (χ1) is 8.31. The van der Waals surface area contributed by atoms with Gasteiger partial charge in [0.1, 0.15) is 17.9 Å². The largest absolute Gasteiger partial charge is 0.500 e. The molecule has 5 heteroatoms. The van der Waals surface area contributed by atoms with E-state index in [-0.39, 0.29) is 0 Å². The highest BCUT2D eigenvalue weighted by Crippen LogP contribution is 2.16. The van der Waals surface area contributed by atoms with Gasteiger partial charge >= 0.3 is 0 Å². The van der Waals surface area contributed by atoms with Crippen molar-refractivity contribution in [3.63, 3.8) is 0 Å². The fraction of sp³-hybridized carbons (Fsp3) is 0.333. The van der Waals surface area contributed by atoms with Crippen LogP contribution in [0.15, 0.2) is 18.6 Å². The van der Waals surface area contributed by atoms with Crippen molar-refractivity contribution in [3.8, 4) is 0 Å². The average Bonchev–Trinajstić information content (AvgIpc) is 2.96. The van der Waals surface area contributed by atoms with E-state index in [9.17, 15) is 0 Å². The summed E-state index contributed by atoms with van der Waals surface area (Å²) < 4.78 is 7.30. The van der Waals surface area contributed by atoms with Crippen LogP contribution in [0.1, 0.15) is 18.7 Å². The van der Waals surface area contributed by atoms with E-state index in [1.54, 1.807) is 13.4 Å². The molecule has 3 rings (SSSR count). The van der Waals surface area contributed by atoms with Gasteiger partial charge in [0, 0.05) is 17.8 Å². The molecule has 2 aromatic heterocycles. The van der Waals surface area contributed by atoms with Crippen molar-refractivity contribution in [3.05, 3.63) is 35.0 Å². The van der Waals surface area contributed by atoms with Crippen molar-refractivity contribution < 1.29 is 4.74 Å². The minimum atomic E-state index is 0.899. The van der Waals surface area contributed by atoms with Crippen molar-refractivity contribution in [1.82, 2.24) is 19.7 Å². The van der Waals surface area contributed by atoms with E-state index in [4.69, 9.17) is 4.74 Å². The number of nitrogens with zero attached hydrogens (tertiary/aromatic N) is 3. The number of methoxy groups -OCH3 is 1. The minimum Gasteiger partial charge on any atom is -0.500 e. The van der Waals surface area contributed by atoms with Crippen molar-refractivity contribution >= 4 is 11.5 Å². The zero-order chi connectivity index (χ0) is 11.8. The Balaban J connectivity index is 2.35. The summed E-state index contributed by atoms with van der Waals surface area (Å²) in [5.41, 5.74) is 1.15. The number of hydrogen-bond donors (Lipinski definition) is 1. The van der Waals surface area contributed by atoms with Gasteiger partial charge in [-0.15, -0.1) is 0 Å². The van der Waals surface area contributed by atoms with Crippen LogP contribution in [0, 0.1) is 6.92 Å². The third-order valence-corrected chi connectivity index (χ3v) is 3.15. The molecule has 1 N–H and O–H groups in total. The number of nitrogens with one attached hydrogen (secondary N) is 1. The molecule has 17 heavy (non-hydrogen) atoms. The third kappa shape index (κ3) is 1.46. The summed E-state index contributed by atoms with van der Waals surface area (Å²) in [7, 11) is 1.72. The summed E-state index contributed by atoms with van der Waals surface area (Å²) >= 11 is 0. The standard InChI is InChI=1S/C12H14N4O/c1-8-14-7-15-16(8)10-3-4-11(17-2)9-5-6-13-12(9)10/h5-7,13H,3-4H2,1-2H3. The van der Waals surface area contributed by atoms with E-state index in [1.807, 2.05) is 23.9 Å². The summed E-state index contributed by atoms with van der Waals surface area (Å²) in [6.07, 6.45) is 5.32. The van der Waals surface area contributed by atoms with Crippen molar-refractivity contribution in [2.75, 3.05) is 7.11 Å². The fourth-order valence-electron chi connectivity index (χ4n) is 2.32. The maximum absolute atomic E-state index is 5.41. The highest BCUT2D eigenvalue weighted by Gasteiger charge is 2.15. The highest BCUT2D eigenvalue weighted by atomic mass is 16.5. The first-order valence-electron chi connectivity index (χ1n) is 5.62. The second-order valence-corrected chi connectivity index (χ2v) is 4.06. The summed E-state index contributed by atoms with van der Waals surface area (Å²) in [4.78, 5) is 7.43. The van der Waals surface area contributed by atoms with Gasteiger partial charge in [-0.1, -0.05) is 0 Å². The zero-order valence-electron chi connectivity index (χ0n) is 9.90. The van der Waals surface area contributed by atoms with Gasteiger partial charge < -0.3 is 9.72 Å². The lowest BCUT2D eigenvalue weighted by Crippen LogP contribution is -2.34. The molecule has 0 saturated heterocycles. The molecule has 0 aliphatic heterocycles. The highest BCUT2D eigenvalue weighted by molar-refractivity contribution is 5.53. The Hall–Kier alpha value is -2.04. The Kier molecular flexibility index (Phi) is 2.24. The number of aromatic nitrogens is 4. The topological polar surface area (TPSA) is 55.7 Å². The molecule has 0 bridgehead atoms. The molecule has 0 fully saturated rings. The quantitative estimate of drug-likeness (QED) is 0.797. The van der Waals surface area contributed by atoms with Gasteiger partial charge in [-0.2, -0.15) is 5.10 Å². The van der Waals surface area contributed by atoms with Gasteiger partial charge in [0.25, 0.3) is 0 Å².